The Balaban J connectivity index is 1.89. The number of hydrogen-bond donors (Lipinski definition) is 1. The van der Waals surface area contributed by atoms with Crippen molar-refractivity contribution in [2.45, 2.75) is 18.9 Å². The van der Waals surface area contributed by atoms with E-state index in [1.54, 1.807) is 12.4 Å². The summed E-state index contributed by atoms with van der Waals surface area (Å²) in [6.07, 6.45) is 5.66. The van der Waals surface area contributed by atoms with Crippen LogP contribution in [0.5, 0.6) is 0 Å². The van der Waals surface area contributed by atoms with E-state index in [1.807, 2.05) is 6.07 Å². The Morgan fingerprint density at radius 2 is 2.35 bits per heavy atom. The van der Waals surface area contributed by atoms with E-state index in [0.717, 1.165) is 29.4 Å². The zero-order valence-electron chi connectivity index (χ0n) is 9.06. The van der Waals surface area contributed by atoms with Gasteiger partial charge in [-0.25, -0.2) is 0 Å². The van der Waals surface area contributed by atoms with Crippen molar-refractivity contribution in [3.63, 3.8) is 0 Å². The maximum atomic E-state index is 5.28. The average molecular weight is 295 g/mol. The number of aromatic nitrogens is 3. The van der Waals surface area contributed by atoms with Gasteiger partial charge in [0.25, 0.3) is 0 Å². The molecule has 0 bridgehead atoms. The molecule has 0 radical (unpaired) electrons. The van der Waals surface area contributed by atoms with Gasteiger partial charge in [0.1, 0.15) is 0 Å². The van der Waals surface area contributed by atoms with Crippen molar-refractivity contribution in [3.8, 4) is 11.4 Å². The molecule has 17 heavy (non-hydrogen) atoms. The summed E-state index contributed by atoms with van der Waals surface area (Å²) in [5, 5.41) is 7.31. The highest BCUT2D eigenvalue weighted by molar-refractivity contribution is 9.10. The summed E-state index contributed by atoms with van der Waals surface area (Å²) in [4.78, 5) is 8.49. The lowest BCUT2D eigenvalue weighted by atomic mass is 10.2. The van der Waals surface area contributed by atoms with Gasteiger partial charge >= 0.3 is 0 Å². The van der Waals surface area contributed by atoms with Gasteiger partial charge in [0.05, 0.1) is 6.04 Å². The van der Waals surface area contributed by atoms with Gasteiger partial charge in [-0.3, -0.25) is 4.98 Å². The van der Waals surface area contributed by atoms with E-state index < -0.39 is 0 Å². The van der Waals surface area contributed by atoms with Gasteiger partial charge in [0, 0.05) is 22.4 Å². The smallest absolute Gasteiger partial charge is 0.244 e. The molecule has 0 spiro atoms. The number of nitrogens with one attached hydrogen (secondary N) is 1. The largest absolute Gasteiger partial charge is 0.337 e. The summed E-state index contributed by atoms with van der Waals surface area (Å²) in [6.45, 7) is 1.01. The Kier molecular flexibility index (Phi) is 2.90. The number of pyridine rings is 1. The highest BCUT2D eigenvalue weighted by Gasteiger charge is 2.22. The topological polar surface area (TPSA) is 63.8 Å². The Labute approximate surface area is 107 Å². The molecule has 88 valence electrons. The van der Waals surface area contributed by atoms with Gasteiger partial charge in [-0.2, -0.15) is 4.98 Å². The molecule has 0 aliphatic carbocycles. The fraction of sp³-hybridized carbons (Fsp3) is 0.364. The van der Waals surface area contributed by atoms with Crippen LogP contribution in [0.3, 0.4) is 0 Å². The van der Waals surface area contributed by atoms with Crippen LogP contribution in [0.1, 0.15) is 24.8 Å². The SMILES string of the molecule is Brc1cncc(-c2noc([C@H]3CCCN3)n2)c1. The first-order valence-corrected chi connectivity index (χ1v) is 6.30. The van der Waals surface area contributed by atoms with Crippen LogP contribution in [0, 0.1) is 0 Å². The molecule has 1 saturated heterocycles. The first kappa shape index (κ1) is 10.9. The molecule has 1 atom stereocenters. The summed E-state index contributed by atoms with van der Waals surface area (Å²) >= 11 is 3.37. The predicted octanol–water partition coefficient (Wildman–Crippen LogP) is 2.32. The van der Waals surface area contributed by atoms with Crippen molar-refractivity contribution in [3.05, 3.63) is 28.8 Å². The van der Waals surface area contributed by atoms with E-state index in [2.05, 4.69) is 36.4 Å². The summed E-state index contributed by atoms with van der Waals surface area (Å²) in [7, 11) is 0. The van der Waals surface area contributed by atoms with Crippen LogP contribution in [0.4, 0.5) is 0 Å². The molecule has 0 saturated carbocycles. The van der Waals surface area contributed by atoms with Gasteiger partial charge in [0.15, 0.2) is 0 Å². The lowest BCUT2D eigenvalue weighted by Gasteiger charge is -2.01. The lowest BCUT2D eigenvalue weighted by molar-refractivity contribution is 0.345. The van der Waals surface area contributed by atoms with Crippen LogP contribution in [0.2, 0.25) is 0 Å². The van der Waals surface area contributed by atoms with Crippen molar-refractivity contribution < 1.29 is 4.52 Å². The molecular formula is C11H11BrN4O. The molecule has 6 heteroatoms. The van der Waals surface area contributed by atoms with Gasteiger partial charge in [-0.05, 0) is 41.4 Å². The van der Waals surface area contributed by atoms with Gasteiger partial charge < -0.3 is 9.84 Å². The predicted molar refractivity (Wildman–Crippen MR) is 65.2 cm³/mol. The van der Waals surface area contributed by atoms with Crippen LogP contribution in [-0.2, 0) is 0 Å². The van der Waals surface area contributed by atoms with E-state index in [4.69, 9.17) is 4.52 Å². The Morgan fingerprint density at radius 1 is 1.41 bits per heavy atom. The standard InChI is InChI=1S/C11H11BrN4O/c12-8-4-7(5-13-6-8)10-15-11(17-16-10)9-2-1-3-14-9/h4-6,9,14H,1-3H2/t9-/m1/s1. The van der Waals surface area contributed by atoms with E-state index in [1.165, 1.54) is 0 Å². The maximum Gasteiger partial charge on any atom is 0.244 e. The third-order valence-corrected chi connectivity index (χ3v) is 3.20. The van der Waals surface area contributed by atoms with Crippen LogP contribution in [0.15, 0.2) is 27.5 Å². The Hall–Kier alpha value is -1.27. The Bertz CT molecular complexity index is 522. The van der Waals surface area contributed by atoms with Crippen LogP contribution >= 0.6 is 15.9 Å². The monoisotopic (exact) mass is 294 g/mol. The van der Waals surface area contributed by atoms with Crippen molar-refractivity contribution in [1.29, 1.82) is 0 Å². The molecule has 2 aromatic heterocycles. The fourth-order valence-corrected chi connectivity index (χ4v) is 2.29. The molecular weight excluding hydrogens is 284 g/mol. The zero-order chi connectivity index (χ0) is 11.7. The highest BCUT2D eigenvalue weighted by atomic mass is 79.9. The summed E-state index contributed by atoms with van der Waals surface area (Å²) < 4.78 is 6.18. The van der Waals surface area contributed by atoms with Crippen molar-refractivity contribution in [2.24, 2.45) is 0 Å². The molecule has 3 rings (SSSR count). The molecule has 2 aromatic rings. The highest BCUT2D eigenvalue weighted by Crippen LogP contribution is 2.24. The number of halogens is 1. The lowest BCUT2D eigenvalue weighted by Crippen LogP contribution is -2.12. The van der Waals surface area contributed by atoms with E-state index >= 15 is 0 Å². The molecule has 0 unspecified atom stereocenters. The van der Waals surface area contributed by atoms with Crippen molar-refractivity contribution >= 4 is 15.9 Å². The second kappa shape index (κ2) is 4.54. The molecule has 0 aromatic carbocycles. The second-order valence-corrected chi connectivity index (χ2v) is 4.91. The summed E-state index contributed by atoms with van der Waals surface area (Å²) in [5.41, 5.74) is 0.854. The van der Waals surface area contributed by atoms with E-state index in [0.29, 0.717) is 11.7 Å². The Morgan fingerprint density at radius 3 is 3.12 bits per heavy atom. The van der Waals surface area contributed by atoms with Crippen LogP contribution in [-0.4, -0.2) is 21.7 Å². The van der Waals surface area contributed by atoms with Crippen molar-refractivity contribution in [2.75, 3.05) is 6.54 Å². The minimum Gasteiger partial charge on any atom is -0.337 e. The molecule has 1 N–H and O–H groups in total. The molecule has 0 amide bonds. The minimum absolute atomic E-state index is 0.205. The van der Waals surface area contributed by atoms with Gasteiger partial charge in [-0.15, -0.1) is 0 Å². The maximum absolute atomic E-state index is 5.28. The van der Waals surface area contributed by atoms with Gasteiger partial charge in [-0.1, -0.05) is 5.16 Å². The van der Waals surface area contributed by atoms with E-state index in [-0.39, 0.29) is 6.04 Å². The average Bonchev–Trinajstić information content (AvgIpc) is 3.00. The summed E-state index contributed by atoms with van der Waals surface area (Å²) in [5.74, 6) is 1.25. The normalized spacial score (nSPS) is 19.7. The molecule has 5 nitrogen and oxygen atoms in total. The number of rotatable bonds is 2. The first-order valence-electron chi connectivity index (χ1n) is 5.51. The minimum atomic E-state index is 0.205. The number of hydrogen-bond acceptors (Lipinski definition) is 5. The number of nitrogens with zero attached hydrogens (tertiary/aromatic N) is 3. The molecule has 1 aliphatic rings. The third kappa shape index (κ3) is 2.23. The molecule has 1 aliphatic heterocycles. The summed E-state index contributed by atoms with van der Waals surface area (Å²) in [6, 6.07) is 2.13. The zero-order valence-corrected chi connectivity index (χ0v) is 10.6. The second-order valence-electron chi connectivity index (χ2n) is 4.00. The van der Waals surface area contributed by atoms with Crippen LogP contribution in [0.25, 0.3) is 11.4 Å². The van der Waals surface area contributed by atoms with E-state index in [9.17, 15) is 0 Å². The first-order chi connectivity index (χ1) is 8.33. The van der Waals surface area contributed by atoms with Gasteiger partial charge in [0.2, 0.25) is 11.7 Å². The molecule has 3 heterocycles. The third-order valence-electron chi connectivity index (χ3n) is 2.76. The fourth-order valence-electron chi connectivity index (χ4n) is 1.92. The van der Waals surface area contributed by atoms with Crippen LogP contribution < -0.4 is 5.32 Å². The van der Waals surface area contributed by atoms with Crippen molar-refractivity contribution in [1.82, 2.24) is 20.4 Å². The quantitative estimate of drug-likeness (QED) is 0.921. The molecule has 1 fully saturated rings.